The van der Waals surface area contributed by atoms with Crippen molar-refractivity contribution < 1.29 is 14.2 Å². The van der Waals surface area contributed by atoms with Crippen LogP contribution in [0.3, 0.4) is 0 Å². The fourth-order valence-corrected chi connectivity index (χ4v) is 2.31. The SMILES string of the molecule is COc1cc(CNCc2ncccc2C)cc2c1OCO2. The van der Waals surface area contributed by atoms with E-state index in [9.17, 15) is 0 Å². The van der Waals surface area contributed by atoms with Crippen molar-refractivity contribution in [3.8, 4) is 17.2 Å². The molecule has 1 aromatic heterocycles. The second-order valence-corrected chi connectivity index (χ2v) is 4.90. The molecule has 21 heavy (non-hydrogen) atoms. The number of aryl methyl sites for hydroxylation is 1. The molecule has 0 aliphatic carbocycles. The van der Waals surface area contributed by atoms with Gasteiger partial charge in [0.05, 0.1) is 12.8 Å². The van der Waals surface area contributed by atoms with Crippen LogP contribution >= 0.6 is 0 Å². The van der Waals surface area contributed by atoms with Gasteiger partial charge in [-0.2, -0.15) is 0 Å². The molecule has 5 heteroatoms. The van der Waals surface area contributed by atoms with Gasteiger partial charge in [0, 0.05) is 19.3 Å². The third-order valence-electron chi connectivity index (χ3n) is 3.46. The van der Waals surface area contributed by atoms with Gasteiger partial charge >= 0.3 is 0 Å². The highest BCUT2D eigenvalue weighted by Crippen LogP contribution is 2.41. The van der Waals surface area contributed by atoms with Gasteiger partial charge < -0.3 is 19.5 Å². The van der Waals surface area contributed by atoms with Crippen molar-refractivity contribution in [1.29, 1.82) is 0 Å². The van der Waals surface area contributed by atoms with Crippen LogP contribution in [-0.2, 0) is 13.1 Å². The number of nitrogens with zero attached hydrogens (tertiary/aromatic N) is 1. The summed E-state index contributed by atoms with van der Waals surface area (Å²) in [6.07, 6.45) is 1.81. The Morgan fingerprint density at radius 2 is 2.19 bits per heavy atom. The third-order valence-corrected chi connectivity index (χ3v) is 3.46. The molecule has 0 fully saturated rings. The predicted octanol–water partition coefficient (Wildman–Crippen LogP) is 2.42. The molecule has 1 aliphatic heterocycles. The first-order valence-electron chi connectivity index (χ1n) is 6.85. The second-order valence-electron chi connectivity index (χ2n) is 4.90. The van der Waals surface area contributed by atoms with Crippen LogP contribution < -0.4 is 19.5 Å². The standard InChI is InChI=1S/C16H18N2O3/c1-11-4-3-5-18-13(11)9-17-8-12-6-14(19-2)16-15(7-12)20-10-21-16/h3-7,17H,8-10H2,1-2H3. The Hall–Kier alpha value is -2.27. The summed E-state index contributed by atoms with van der Waals surface area (Å²) < 4.78 is 16.1. The zero-order valence-corrected chi connectivity index (χ0v) is 12.2. The fourth-order valence-electron chi connectivity index (χ4n) is 2.31. The first-order chi connectivity index (χ1) is 10.3. The molecule has 0 saturated heterocycles. The number of hydrogen-bond acceptors (Lipinski definition) is 5. The number of nitrogens with one attached hydrogen (secondary N) is 1. The maximum Gasteiger partial charge on any atom is 0.231 e. The summed E-state index contributed by atoms with van der Waals surface area (Å²) in [5.74, 6) is 2.12. The maximum absolute atomic E-state index is 5.42. The molecular weight excluding hydrogens is 268 g/mol. The summed E-state index contributed by atoms with van der Waals surface area (Å²) in [5.41, 5.74) is 3.34. The van der Waals surface area contributed by atoms with Crippen molar-refractivity contribution in [2.75, 3.05) is 13.9 Å². The van der Waals surface area contributed by atoms with Crippen molar-refractivity contribution in [1.82, 2.24) is 10.3 Å². The molecule has 0 radical (unpaired) electrons. The minimum Gasteiger partial charge on any atom is -0.493 e. The molecular formula is C16H18N2O3. The number of benzene rings is 1. The lowest BCUT2D eigenvalue weighted by atomic mass is 10.1. The van der Waals surface area contributed by atoms with Gasteiger partial charge in [-0.1, -0.05) is 6.07 Å². The van der Waals surface area contributed by atoms with Crippen LogP contribution in [0, 0.1) is 6.92 Å². The number of hydrogen-bond donors (Lipinski definition) is 1. The van der Waals surface area contributed by atoms with E-state index in [1.807, 2.05) is 24.4 Å². The van der Waals surface area contributed by atoms with Crippen LogP contribution in [-0.4, -0.2) is 18.9 Å². The Morgan fingerprint density at radius 3 is 3.00 bits per heavy atom. The number of fused-ring (bicyclic) bond motifs is 1. The first-order valence-corrected chi connectivity index (χ1v) is 6.85. The molecule has 2 heterocycles. The van der Waals surface area contributed by atoms with E-state index in [1.54, 1.807) is 7.11 Å². The van der Waals surface area contributed by atoms with Gasteiger partial charge in [-0.3, -0.25) is 4.98 Å². The molecule has 1 aliphatic rings. The van der Waals surface area contributed by atoms with Gasteiger partial charge in [-0.05, 0) is 36.2 Å². The number of rotatable bonds is 5. The number of pyridine rings is 1. The summed E-state index contributed by atoms with van der Waals surface area (Å²) in [5, 5.41) is 3.39. The molecule has 0 atom stereocenters. The summed E-state index contributed by atoms with van der Waals surface area (Å²) in [6.45, 7) is 3.75. The molecule has 1 aromatic carbocycles. The summed E-state index contributed by atoms with van der Waals surface area (Å²) >= 11 is 0. The number of aromatic nitrogens is 1. The lowest BCUT2D eigenvalue weighted by Gasteiger charge is -2.10. The van der Waals surface area contributed by atoms with E-state index in [0.717, 1.165) is 23.6 Å². The average molecular weight is 286 g/mol. The molecule has 2 aromatic rings. The van der Waals surface area contributed by atoms with E-state index in [-0.39, 0.29) is 6.79 Å². The zero-order chi connectivity index (χ0) is 14.7. The van der Waals surface area contributed by atoms with Gasteiger partial charge in [0.1, 0.15) is 0 Å². The zero-order valence-electron chi connectivity index (χ0n) is 12.2. The van der Waals surface area contributed by atoms with Crippen molar-refractivity contribution >= 4 is 0 Å². The normalized spacial score (nSPS) is 12.5. The topological polar surface area (TPSA) is 52.6 Å². The Kier molecular flexibility index (Phi) is 3.92. The van der Waals surface area contributed by atoms with E-state index in [4.69, 9.17) is 14.2 Å². The first kappa shape index (κ1) is 13.7. The van der Waals surface area contributed by atoms with E-state index in [1.165, 1.54) is 5.56 Å². The second kappa shape index (κ2) is 6.01. The summed E-state index contributed by atoms with van der Waals surface area (Å²) in [4.78, 5) is 4.37. The molecule has 3 rings (SSSR count). The number of ether oxygens (including phenoxy) is 3. The highest BCUT2D eigenvalue weighted by atomic mass is 16.7. The van der Waals surface area contributed by atoms with Crippen LogP contribution in [0.15, 0.2) is 30.5 Å². The van der Waals surface area contributed by atoms with Crippen molar-refractivity contribution in [2.24, 2.45) is 0 Å². The monoisotopic (exact) mass is 286 g/mol. The van der Waals surface area contributed by atoms with Gasteiger partial charge in [0.2, 0.25) is 12.5 Å². The van der Waals surface area contributed by atoms with Crippen molar-refractivity contribution in [3.63, 3.8) is 0 Å². The minimum absolute atomic E-state index is 0.246. The van der Waals surface area contributed by atoms with Crippen LogP contribution in [0.4, 0.5) is 0 Å². The van der Waals surface area contributed by atoms with Crippen LogP contribution in [0.1, 0.15) is 16.8 Å². The van der Waals surface area contributed by atoms with Gasteiger partial charge in [0.15, 0.2) is 11.5 Å². The Bertz CT molecular complexity index is 643. The van der Waals surface area contributed by atoms with Crippen LogP contribution in [0.25, 0.3) is 0 Å². The smallest absolute Gasteiger partial charge is 0.231 e. The van der Waals surface area contributed by atoms with Crippen LogP contribution in [0.5, 0.6) is 17.2 Å². The Morgan fingerprint density at radius 1 is 1.29 bits per heavy atom. The largest absolute Gasteiger partial charge is 0.493 e. The van der Waals surface area contributed by atoms with Gasteiger partial charge in [-0.25, -0.2) is 0 Å². The fraction of sp³-hybridized carbons (Fsp3) is 0.312. The Balaban J connectivity index is 1.67. The van der Waals surface area contributed by atoms with Gasteiger partial charge in [-0.15, -0.1) is 0 Å². The van der Waals surface area contributed by atoms with E-state index in [0.29, 0.717) is 18.0 Å². The highest BCUT2D eigenvalue weighted by molar-refractivity contribution is 5.55. The Labute approximate surface area is 123 Å². The summed E-state index contributed by atoms with van der Waals surface area (Å²) in [6, 6.07) is 7.95. The lowest BCUT2D eigenvalue weighted by molar-refractivity contribution is 0.171. The van der Waals surface area contributed by atoms with Crippen LogP contribution in [0.2, 0.25) is 0 Å². The quantitative estimate of drug-likeness (QED) is 0.915. The average Bonchev–Trinajstić information content (AvgIpc) is 2.97. The lowest BCUT2D eigenvalue weighted by Crippen LogP contribution is -2.14. The van der Waals surface area contributed by atoms with E-state index >= 15 is 0 Å². The van der Waals surface area contributed by atoms with Gasteiger partial charge in [0.25, 0.3) is 0 Å². The molecule has 0 bridgehead atoms. The predicted molar refractivity (Wildman–Crippen MR) is 78.6 cm³/mol. The highest BCUT2D eigenvalue weighted by Gasteiger charge is 2.19. The molecule has 0 amide bonds. The molecule has 110 valence electrons. The van der Waals surface area contributed by atoms with E-state index < -0.39 is 0 Å². The minimum atomic E-state index is 0.246. The van der Waals surface area contributed by atoms with E-state index in [2.05, 4.69) is 23.3 Å². The summed E-state index contributed by atoms with van der Waals surface area (Å²) in [7, 11) is 1.63. The molecule has 5 nitrogen and oxygen atoms in total. The third kappa shape index (κ3) is 2.92. The number of methoxy groups -OCH3 is 1. The maximum atomic E-state index is 5.42. The van der Waals surface area contributed by atoms with Crippen molar-refractivity contribution in [2.45, 2.75) is 20.0 Å². The molecule has 0 unspecified atom stereocenters. The molecule has 0 spiro atoms. The van der Waals surface area contributed by atoms with Crippen molar-refractivity contribution in [3.05, 3.63) is 47.3 Å². The molecule has 0 saturated carbocycles. The molecule has 1 N–H and O–H groups in total.